The fourth-order valence-electron chi connectivity index (χ4n) is 1.88. The molecule has 0 saturated carbocycles. The van der Waals surface area contributed by atoms with Crippen LogP contribution in [0.3, 0.4) is 0 Å². The normalized spacial score (nSPS) is 19.6. The molecule has 1 N–H and O–H groups in total. The van der Waals surface area contributed by atoms with Gasteiger partial charge in [-0.3, -0.25) is 0 Å². The standard InChI is InChI=1S/C12H20N2OS/c1-3-10-8-13-11(16-10)14-9-12(2)4-6-15-7-5-12/h8H,3-7,9H2,1-2H3,(H,13,14). The summed E-state index contributed by atoms with van der Waals surface area (Å²) in [7, 11) is 0. The molecule has 0 atom stereocenters. The molecule has 2 rings (SSSR count). The van der Waals surface area contributed by atoms with Gasteiger partial charge in [0, 0.05) is 30.8 Å². The summed E-state index contributed by atoms with van der Waals surface area (Å²) >= 11 is 1.77. The zero-order chi connectivity index (χ0) is 11.4. The maximum absolute atomic E-state index is 5.40. The van der Waals surface area contributed by atoms with Crippen LogP contribution in [0.5, 0.6) is 0 Å². The van der Waals surface area contributed by atoms with Crippen molar-refractivity contribution in [3.05, 3.63) is 11.1 Å². The van der Waals surface area contributed by atoms with E-state index < -0.39 is 0 Å². The van der Waals surface area contributed by atoms with Gasteiger partial charge in [-0.05, 0) is 24.7 Å². The fraction of sp³-hybridized carbons (Fsp3) is 0.750. The van der Waals surface area contributed by atoms with E-state index in [1.165, 1.54) is 4.88 Å². The minimum absolute atomic E-state index is 0.371. The monoisotopic (exact) mass is 240 g/mol. The number of hydrogen-bond acceptors (Lipinski definition) is 4. The third-order valence-corrected chi connectivity index (χ3v) is 4.37. The molecule has 0 unspecified atom stereocenters. The van der Waals surface area contributed by atoms with Gasteiger partial charge in [0.15, 0.2) is 5.13 Å². The zero-order valence-electron chi connectivity index (χ0n) is 10.1. The minimum Gasteiger partial charge on any atom is -0.381 e. The van der Waals surface area contributed by atoms with Crippen LogP contribution >= 0.6 is 11.3 Å². The Labute approximate surface area is 101 Å². The minimum atomic E-state index is 0.371. The molecule has 1 aromatic heterocycles. The average molecular weight is 240 g/mol. The van der Waals surface area contributed by atoms with Gasteiger partial charge in [-0.15, -0.1) is 11.3 Å². The Morgan fingerprint density at radius 3 is 2.88 bits per heavy atom. The largest absolute Gasteiger partial charge is 0.381 e. The second kappa shape index (κ2) is 5.15. The van der Waals surface area contributed by atoms with Crippen LogP contribution in [0.2, 0.25) is 0 Å². The van der Waals surface area contributed by atoms with E-state index in [2.05, 4.69) is 24.1 Å². The molecule has 4 heteroatoms. The Kier molecular flexibility index (Phi) is 3.82. The molecule has 1 aliphatic heterocycles. The van der Waals surface area contributed by atoms with E-state index in [4.69, 9.17) is 4.74 Å². The number of ether oxygens (including phenoxy) is 1. The molecule has 3 nitrogen and oxygen atoms in total. The molecule has 1 saturated heterocycles. The first-order chi connectivity index (χ1) is 7.72. The lowest BCUT2D eigenvalue weighted by Crippen LogP contribution is -2.33. The van der Waals surface area contributed by atoms with E-state index in [1.54, 1.807) is 11.3 Å². The fourth-order valence-corrected chi connectivity index (χ4v) is 2.63. The topological polar surface area (TPSA) is 34.2 Å². The molecule has 0 radical (unpaired) electrons. The number of nitrogens with zero attached hydrogens (tertiary/aromatic N) is 1. The van der Waals surface area contributed by atoms with Crippen molar-refractivity contribution in [1.29, 1.82) is 0 Å². The summed E-state index contributed by atoms with van der Waals surface area (Å²) in [6, 6.07) is 0. The Bertz CT molecular complexity index is 332. The van der Waals surface area contributed by atoms with E-state index in [0.29, 0.717) is 5.41 Å². The van der Waals surface area contributed by atoms with Gasteiger partial charge in [-0.25, -0.2) is 4.98 Å². The first kappa shape index (κ1) is 11.9. The number of aryl methyl sites for hydroxylation is 1. The third-order valence-electron chi connectivity index (χ3n) is 3.27. The quantitative estimate of drug-likeness (QED) is 0.878. The van der Waals surface area contributed by atoms with E-state index in [9.17, 15) is 0 Å². The maximum atomic E-state index is 5.40. The maximum Gasteiger partial charge on any atom is 0.182 e. The van der Waals surface area contributed by atoms with Crippen LogP contribution in [0.4, 0.5) is 5.13 Å². The summed E-state index contributed by atoms with van der Waals surface area (Å²) in [6.45, 7) is 7.30. The highest BCUT2D eigenvalue weighted by molar-refractivity contribution is 7.15. The Balaban J connectivity index is 1.86. The highest BCUT2D eigenvalue weighted by atomic mass is 32.1. The number of anilines is 1. The van der Waals surface area contributed by atoms with Crippen molar-refractivity contribution in [3.8, 4) is 0 Å². The van der Waals surface area contributed by atoms with Crippen molar-refractivity contribution in [2.45, 2.75) is 33.1 Å². The van der Waals surface area contributed by atoms with Gasteiger partial charge in [0.1, 0.15) is 0 Å². The Hall–Kier alpha value is -0.610. The summed E-state index contributed by atoms with van der Waals surface area (Å²) in [5, 5.41) is 4.52. The molecule has 1 aromatic rings. The SMILES string of the molecule is CCc1cnc(NCC2(C)CCOCC2)s1. The van der Waals surface area contributed by atoms with E-state index in [1.807, 2.05) is 6.20 Å². The Morgan fingerprint density at radius 2 is 2.25 bits per heavy atom. The van der Waals surface area contributed by atoms with Crippen LogP contribution < -0.4 is 5.32 Å². The van der Waals surface area contributed by atoms with E-state index in [-0.39, 0.29) is 0 Å². The van der Waals surface area contributed by atoms with E-state index in [0.717, 1.165) is 44.2 Å². The van der Waals surface area contributed by atoms with Crippen molar-refractivity contribution in [1.82, 2.24) is 4.98 Å². The summed E-state index contributed by atoms with van der Waals surface area (Å²) in [4.78, 5) is 5.73. The molecular formula is C12H20N2OS. The Morgan fingerprint density at radius 1 is 1.50 bits per heavy atom. The van der Waals surface area contributed by atoms with Crippen LogP contribution in [-0.2, 0) is 11.2 Å². The van der Waals surface area contributed by atoms with Crippen molar-refractivity contribution in [3.63, 3.8) is 0 Å². The molecule has 0 spiro atoms. The second-order valence-electron chi connectivity index (χ2n) is 4.76. The van der Waals surface area contributed by atoms with E-state index >= 15 is 0 Å². The highest BCUT2D eigenvalue weighted by Crippen LogP contribution is 2.30. The van der Waals surface area contributed by atoms with Crippen LogP contribution in [0.25, 0.3) is 0 Å². The van der Waals surface area contributed by atoms with Crippen LogP contribution in [0.15, 0.2) is 6.20 Å². The third kappa shape index (κ3) is 2.95. The lowest BCUT2D eigenvalue weighted by Gasteiger charge is -2.33. The molecule has 2 heterocycles. The number of thiazole rings is 1. The van der Waals surface area contributed by atoms with Gasteiger partial charge in [0.05, 0.1) is 0 Å². The summed E-state index contributed by atoms with van der Waals surface area (Å²) < 4.78 is 5.40. The highest BCUT2D eigenvalue weighted by Gasteiger charge is 2.27. The molecule has 0 aromatic carbocycles. The van der Waals surface area contributed by atoms with Gasteiger partial charge in [0.2, 0.25) is 0 Å². The van der Waals surface area contributed by atoms with Crippen LogP contribution in [-0.4, -0.2) is 24.7 Å². The summed E-state index contributed by atoms with van der Waals surface area (Å²) in [5.74, 6) is 0. The number of hydrogen-bond donors (Lipinski definition) is 1. The van der Waals surface area contributed by atoms with Gasteiger partial charge < -0.3 is 10.1 Å². The predicted molar refractivity (Wildman–Crippen MR) is 68.1 cm³/mol. The zero-order valence-corrected chi connectivity index (χ0v) is 10.9. The smallest absolute Gasteiger partial charge is 0.182 e. The molecule has 0 aliphatic carbocycles. The van der Waals surface area contributed by atoms with Crippen molar-refractivity contribution >= 4 is 16.5 Å². The number of nitrogens with one attached hydrogen (secondary N) is 1. The number of rotatable bonds is 4. The van der Waals surface area contributed by atoms with Crippen molar-refractivity contribution < 1.29 is 4.74 Å². The molecule has 1 aliphatic rings. The first-order valence-corrected chi connectivity index (χ1v) is 6.80. The summed E-state index contributed by atoms with van der Waals surface area (Å²) in [6.07, 6.45) is 5.34. The van der Waals surface area contributed by atoms with Gasteiger partial charge >= 0.3 is 0 Å². The van der Waals surface area contributed by atoms with Gasteiger partial charge in [-0.2, -0.15) is 0 Å². The van der Waals surface area contributed by atoms with Crippen LogP contribution in [0.1, 0.15) is 31.6 Å². The van der Waals surface area contributed by atoms with Crippen LogP contribution in [0, 0.1) is 5.41 Å². The predicted octanol–water partition coefficient (Wildman–Crippen LogP) is 2.93. The first-order valence-electron chi connectivity index (χ1n) is 5.98. The molecule has 90 valence electrons. The van der Waals surface area contributed by atoms with Crippen molar-refractivity contribution in [2.75, 3.05) is 25.1 Å². The lowest BCUT2D eigenvalue weighted by atomic mass is 9.82. The van der Waals surface area contributed by atoms with Crippen molar-refractivity contribution in [2.24, 2.45) is 5.41 Å². The average Bonchev–Trinajstić information content (AvgIpc) is 2.75. The number of aromatic nitrogens is 1. The summed E-state index contributed by atoms with van der Waals surface area (Å²) in [5.41, 5.74) is 0.371. The molecule has 16 heavy (non-hydrogen) atoms. The second-order valence-corrected chi connectivity index (χ2v) is 5.88. The molecular weight excluding hydrogens is 220 g/mol. The lowest BCUT2D eigenvalue weighted by molar-refractivity contribution is 0.0300. The van der Waals surface area contributed by atoms with Gasteiger partial charge in [0.25, 0.3) is 0 Å². The molecule has 0 bridgehead atoms. The molecule has 1 fully saturated rings. The van der Waals surface area contributed by atoms with Gasteiger partial charge in [-0.1, -0.05) is 13.8 Å². The molecule has 0 amide bonds.